The lowest BCUT2D eigenvalue weighted by Gasteiger charge is -2.33. The molecule has 2 rings (SSSR count). The molecular weight excluding hydrogens is 326 g/mol. The highest BCUT2D eigenvalue weighted by molar-refractivity contribution is 5.31. The molecule has 3 nitrogen and oxygen atoms in total. The van der Waals surface area contributed by atoms with E-state index >= 15 is 0 Å². The molecule has 1 aliphatic rings. The number of benzene rings is 1. The van der Waals surface area contributed by atoms with Crippen LogP contribution in [-0.2, 0) is 12.1 Å². The molecule has 0 unspecified atom stereocenters. The normalized spacial score (nSPS) is 18.2. The second-order valence-electron chi connectivity index (χ2n) is 5.43. The van der Waals surface area contributed by atoms with Gasteiger partial charge in [0.2, 0.25) is 0 Å². The minimum Gasteiger partial charge on any atom is -0.369 e. The molecule has 23 heavy (non-hydrogen) atoms. The van der Waals surface area contributed by atoms with Gasteiger partial charge in [-0.25, -0.2) is 0 Å². The number of piperazine rings is 1. The first-order chi connectivity index (χ1) is 10.6. The van der Waals surface area contributed by atoms with E-state index in [9.17, 15) is 31.4 Å². The highest BCUT2D eigenvalue weighted by Crippen LogP contribution is 2.50. The SMILES string of the molecule is OC(c1cccc(CN2CCNCC2)c1)(C(F)(F)F)C(F)(F)F. The number of aliphatic hydroxyl groups is 1. The standard InChI is InChI=1S/C14H16F6N2O/c15-13(16,17)12(23,14(18,19)20)11-3-1-2-10(8-11)9-22-6-4-21-5-7-22/h1-3,8,21,23H,4-7,9H2. The molecule has 0 atom stereocenters. The molecule has 0 aromatic heterocycles. The number of hydrogen-bond acceptors (Lipinski definition) is 3. The van der Waals surface area contributed by atoms with Crippen LogP contribution in [0, 0.1) is 0 Å². The van der Waals surface area contributed by atoms with Crippen LogP contribution in [0.25, 0.3) is 0 Å². The summed E-state index contributed by atoms with van der Waals surface area (Å²) in [7, 11) is 0. The van der Waals surface area contributed by atoms with E-state index < -0.39 is 23.5 Å². The third-order valence-electron chi connectivity index (χ3n) is 3.78. The molecule has 1 saturated heterocycles. The zero-order valence-electron chi connectivity index (χ0n) is 12.0. The molecule has 1 aromatic carbocycles. The fourth-order valence-electron chi connectivity index (χ4n) is 2.51. The maximum Gasteiger partial charge on any atom is 0.430 e. The monoisotopic (exact) mass is 342 g/mol. The van der Waals surface area contributed by atoms with Crippen LogP contribution in [0.15, 0.2) is 24.3 Å². The highest BCUT2D eigenvalue weighted by Gasteiger charge is 2.71. The number of nitrogens with zero attached hydrogens (tertiary/aromatic N) is 1. The van der Waals surface area contributed by atoms with Crippen LogP contribution in [0.3, 0.4) is 0 Å². The first kappa shape index (κ1) is 18.0. The van der Waals surface area contributed by atoms with Crippen molar-refractivity contribution in [1.29, 1.82) is 0 Å². The number of rotatable bonds is 3. The van der Waals surface area contributed by atoms with Gasteiger partial charge >= 0.3 is 12.4 Å². The topological polar surface area (TPSA) is 35.5 Å². The summed E-state index contributed by atoms with van der Waals surface area (Å²) >= 11 is 0. The van der Waals surface area contributed by atoms with Gasteiger partial charge in [0, 0.05) is 38.3 Å². The van der Waals surface area contributed by atoms with Gasteiger partial charge < -0.3 is 10.4 Å². The van der Waals surface area contributed by atoms with Gasteiger partial charge in [-0.05, 0) is 5.56 Å². The van der Waals surface area contributed by atoms with E-state index in [0.29, 0.717) is 32.2 Å². The molecular formula is C14H16F6N2O. The van der Waals surface area contributed by atoms with Gasteiger partial charge in [0.05, 0.1) is 0 Å². The lowest BCUT2D eigenvalue weighted by Crippen LogP contribution is -2.54. The van der Waals surface area contributed by atoms with E-state index in [1.807, 2.05) is 4.90 Å². The lowest BCUT2D eigenvalue weighted by molar-refractivity contribution is -0.376. The summed E-state index contributed by atoms with van der Waals surface area (Å²) < 4.78 is 77.3. The molecule has 0 aliphatic carbocycles. The van der Waals surface area contributed by atoms with Gasteiger partial charge in [-0.2, -0.15) is 26.3 Å². The van der Waals surface area contributed by atoms with Crippen molar-refractivity contribution in [3.8, 4) is 0 Å². The van der Waals surface area contributed by atoms with Crippen LogP contribution < -0.4 is 5.32 Å². The highest BCUT2D eigenvalue weighted by atomic mass is 19.4. The molecule has 1 aliphatic heterocycles. The maximum absolute atomic E-state index is 12.9. The Morgan fingerprint density at radius 2 is 1.57 bits per heavy atom. The van der Waals surface area contributed by atoms with Crippen molar-refractivity contribution >= 4 is 0 Å². The van der Waals surface area contributed by atoms with E-state index in [1.54, 1.807) is 0 Å². The van der Waals surface area contributed by atoms with Crippen LogP contribution in [0.2, 0.25) is 0 Å². The molecule has 2 N–H and O–H groups in total. The predicted molar refractivity (Wildman–Crippen MR) is 70.6 cm³/mol. The van der Waals surface area contributed by atoms with Gasteiger partial charge in [0.1, 0.15) is 0 Å². The molecule has 1 heterocycles. The van der Waals surface area contributed by atoms with E-state index in [4.69, 9.17) is 0 Å². The van der Waals surface area contributed by atoms with Crippen molar-refractivity contribution in [2.24, 2.45) is 0 Å². The summed E-state index contributed by atoms with van der Waals surface area (Å²) in [5.41, 5.74) is -5.80. The summed E-state index contributed by atoms with van der Waals surface area (Å²) in [5.74, 6) is 0. The van der Waals surface area contributed by atoms with Crippen LogP contribution in [0.1, 0.15) is 11.1 Å². The smallest absolute Gasteiger partial charge is 0.369 e. The molecule has 0 amide bonds. The molecule has 0 bridgehead atoms. The third-order valence-corrected chi connectivity index (χ3v) is 3.78. The second-order valence-corrected chi connectivity index (χ2v) is 5.43. The van der Waals surface area contributed by atoms with E-state index in [-0.39, 0.29) is 12.1 Å². The molecule has 1 aromatic rings. The lowest BCUT2D eigenvalue weighted by atomic mass is 9.91. The molecule has 9 heteroatoms. The van der Waals surface area contributed by atoms with Gasteiger partial charge in [0.25, 0.3) is 5.60 Å². The maximum atomic E-state index is 12.9. The van der Waals surface area contributed by atoms with Gasteiger partial charge in [0.15, 0.2) is 0 Å². The number of nitrogens with one attached hydrogen (secondary N) is 1. The van der Waals surface area contributed by atoms with Crippen molar-refractivity contribution in [3.63, 3.8) is 0 Å². The zero-order valence-corrected chi connectivity index (χ0v) is 12.0. The Bertz CT molecular complexity index is 523. The summed E-state index contributed by atoms with van der Waals surface area (Å²) in [6, 6.07) is 3.94. The molecule has 130 valence electrons. The van der Waals surface area contributed by atoms with E-state index in [0.717, 1.165) is 12.1 Å². The first-order valence-corrected chi connectivity index (χ1v) is 6.94. The number of alkyl halides is 6. The minimum absolute atomic E-state index is 0.224. The van der Waals surface area contributed by atoms with Crippen LogP contribution in [-0.4, -0.2) is 48.5 Å². The number of halogens is 6. The van der Waals surface area contributed by atoms with Crippen molar-refractivity contribution in [2.45, 2.75) is 24.5 Å². The molecule has 0 radical (unpaired) electrons. The summed E-state index contributed by atoms with van der Waals surface area (Å²) in [5, 5.41) is 12.5. The largest absolute Gasteiger partial charge is 0.430 e. The predicted octanol–water partition coefficient (Wildman–Crippen LogP) is 2.40. The van der Waals surface area contributed by atoms with Crippen molar-refractivity contribution in [3.05, 3.63) is 35.4 Å². The molecule has 1 fully saturated rings. The van der Waals surface area contributed by atoms with Crippen LogP contribution in [0.4, 0.5) is 26.3 Å². The summed E-state index contributed by atoms with van der Waals surface area (Å²) in [6.07, 6.45) is -11.7. The Hall–Kier alpha value is -1.32. The minimum atomic E-state index is -5.86. The van der Waals surface area contributed by atoms with Crippen molar-refractivity contribution in [2.75, 3.05) is 26.2 Å². The van der Waals surface area contributed by atoms with Crippen LogP contribution >= 0.6 is 0 Å². The van der Waals surface area contributed by atoms with E-state index in [1.165, 1.54) is 6.07 Å². The molecule has 0 spiro atoms. The zero-order chi connectivity index (χ0) is 17.3. The Balaban J connectivity index is 2.32. The average molecular weight is 342 g/mol. The van der Waals surface area contributed by atoms with Gasteiger partial charge in [-0.3, -0.25) is 4.90 Å². The Morgan fingerprint density at radius 1 is 1.00 bits per heavy atom. The number of hydrogen-bond donors (Lipinski definition) is 2. The Kier molecular flexibility index (Phi) is 4.93. The molecule has 0 saturated carbocycles. The quantitative estimate of drug-likeness (QED) is 0.828. The fraction of sp³-hybridized carbons (Fsp3) is 0.571. The second kappa shape index (κ2) is 6.29. The summed E-state index contributed by atoms with van der Waals surface area (Å²) in [4.78, 5) is 1.91. The van der Waals surface area contributed by atoms with Crippen LogP contribution in [0.5, 0.6) is 0 Å². The van der Waals surface area contributed by atoms with Crippen molar-refractivity contribution < 1.29 is 31.4 Å². The third kappa shape index (κ3) is 3.61. The summed E-state index contributed by atoms with van der Waals surface area (Å²) in [6.45, 7) is 2.92. The first-order valence-electron chi connectivity index (χ1n) is 6.94. The average Bonchev–Trinajstić information content (AvgIpc) is 2.45. The van der Waals surface area contributed by atoms with Gasteiger partial charge in [-0.15, -0.1) is 0 Å². The Morgan fingerprint density at radius 3 is 2.09 bits per heavy atom. The van der Waals surface area contributed by atoms with E-state index in [2.05, 4.69) is 5.32 Å². The fourth-order valence-corrected chi connectivity index (χ4v) is 2.51. The van der Waals surface area contributed by atoms with Crippen molar-refractivity contribution in [1.82, 2.24) is 10.2 Å². The van der Waals surface area contributed by atoms with Gasteiger partial charge in [-0.1, -0.05) is 24.3 Å². The Labute approximate surface area is 128 Å².